The number of carbonyl (C=O) groups excluding carboxylic acids is 4. The van der Waals surface area contributed by atoms with Crippen molar-refractivity contribution in [2.24, 2.45) is 11.8 Å². The number of rotatable bonds is 16. The summed E-state index contributed by atoms with van der Waals surface area (Å²) in [7, 11) is 1.78. The van der Waals surface area contributed by atoms with Crippen LogP contribution in [-0.2, 0) is 25.7 Å². The fraction of sp³-hybridized carbons (Fsp3) is 0.378. The molecule has 0 aromatic heterocycles. The van der Waals surface area contributed by atoms with Crippen molar-refractivity contribution in [2.45, 2.75) is 50.9 Å². The van der Waals surface area contributed by atoms with Crippen molar-refractivity contribution < 1.29 is 38.9 Å². The van der Waals surface area contributed by atoms with Crippen molar-refractivity contribution in [1.82, 2.24) is 15.1 Å². The van der Waals surface area contributed by atoms with Gasteiger partial charge in [-0.1, -0.05) is 60.7 Å². The van der Waals surface area contributed by atoms with E-state index in [0.29, 0.717) is 55.6 Å². The summed E-state index contributed by atoms with van der Waals surface area (Å²) in [5.41, 5.74) is 4.91. The normalized spacial score (nSPS) is 18.8. The number of fused-ring (bicyclic) bond motifs is 2. The molecule has 14 nitrogen and oxygen atoms in total. The number of ether oxygens (including phenoxy) is 2. The number of hydrogen-bond acceptors (Lipinski definition) is 10. The van der Waals surface area contributed by atoms with Crippen molar-refractivity contribution in [3.63, 3.8) is 0 Å². The largest absolute Gasteiger partial charge is 0.506 e. The van der Waals surface area contributed by atoms with Crippen LogP contribution in [0.4, 0.5) is 21.9 Å². The Kier molecular flexibility index (Phi) is 13.4. The zero-order valence-corrected chi connectivity index (χ0v) is 33.2. The van der Waals surface area contributed by atoms with Gasteiger partial charge in [-0.3, -0.25) is 19.7 Å². The van der Waals surface area contributed by atoms with Crippen LogP contribution in [0.3, 0.4) is 0 Å². The van der Waals surface area contributed by atoms with E-state index < -0.39 is 12.2 Å². The highest BCUT2D eigenvalue weighted by Crippen LogP contribution is 2.42. The Morgan fingerprint density at radius 2 is 1.66 bits per heavy atom. The fourth-order valence-electron chi connectivity index (χ4n) is 8.25. The number of aliphatic hydroxyl groups is 1. The summed E-state index contributed by atoms with van der Waals surface area (Å²) in [6.45, 7) is 3.42. The minimum absolute atomic E-state index is 0.0529. The molecular formula is C45H52N6O8. The van der Waals surface area contributed by atoms with Gasteiger partial charge in [-0.25, -0.2) is 4.79 Å². The van der Waals surface area contributed by atoms with Gasteiger partial charge in [-0.15, -0.1) is 0 Å². The molecule has 4 atom stereocenters. The maximum absolute atomic E-state index is 12.9. The zero-order chi connectivity index (χ0) is 41.3. The number of carbonyl (C=O) groups is 4. The molecular weight excluding hydrogens is 753 g/mol. The van der Waals surface area contributed by atoms with Crippen LogP contribution in [0.2, 0.25) is 0 Å². The van der Waals surface area contributed by atoms with Crippen LogP contribution >= 0.6 is 0 Å². The van der Waals surface area contributed by atoms with Gasteiger partial charge < -0.3 is 45.4 Å². The summed E-state index contributed by atoms with van der Waals surface area (Å²) in [4.78, 5) is 54.1. The van der Waals surface area contributed by atoms with Crippen LogP contribution in [0, 0.1) is 11.8 Å². The number of hydrogen-bond donors (Lipinski definition) is 6. The Bertz CT molecular complexity index is 2100. The number of likely N-dealkylation sites (tertiary alicyclic amines) is 1. The van der Waals surface area contributed by atoms with E-state index in [4.69, 9.17) is 9.47 Å². The van der Waals surface area contributed by atoms with Crippen molar-refractivity contribution in [1.29, 1.82) is 0 Å². The number of aromatic hydroxyl groups is 1. The average molecular weight is 805 g/mol. The topological polar surface area (TPSA) is 182 Å². The Morgan fingerprint density at radius 1 is 0.932 bits per heavy atom. The number of phenols is 1. The molecule has 59 heavy (non-hydrogen) atoms. The van der Waals surface area contributed by atoms with Crippen molar-refractivity contribution >= 4 is 40.9 Å². The second kappa shape index (κ2) is 19.2. The molecule has 4 aromatic rings. The van der Waals surface area contributed by atoms with E-state index >= 15 is 0 Å². The summed E-state index contributed by atoms with van der Waals surface area (Å²) in [5, 5.41) is 32.4. The average Bonchev–Trinajstić information content (AvgIpc) is 3.79. The van der Waals surface area contributed by atoms with Crippen LogP contribution in [0.1, 0.15) is 49.3 Å². The van der Waals surface area contributed by atoms with Crippen molar-refractivity contribution in [2.75, 3.05) is 62.3 Å². The highest BCUT2D eigenvalue weighted by Gasteiger charge is 2.42. The summed E-state index contributed by atoms with van der Waals surface area (Å²) < 4.78 is 11.3. The van der Waals surface area contributed by atoms with E-state index in [1.54, 1.807) is 18.0 Å². The molecule has 0 spiro atoms. The van der Waals surface area contributed by atoms with E-state index in [2.05, 4.69) is 26.2 Å². The number of nitrogens with one attached hydrogen (secondary N) is 4. The Morgan fingerprint density at radius 3 is 2.42 bits per heavy atom. The SMILES string of the molecule is CN(CCCC(=O)Nc1ccc(CNC[C@H](O)c2ccc(O)c3c2OCC(=O)N3)cc1)C(=O)CCN1CC2CC(OC(=O)Nc3ccccc3-c3ccccc3)C[C@H]2C1. The second-order valence-electron chi connectivity index (χ2n) is 15.6. The number of amides is 4. The smallest absolute Gasteiger partial charge is 0.411 e. The number of aliphatic hydroxyl groups excluding tert-OH is 1. The highest BCUT2D eigenvalue weighted by molar-refractivity contribution is 5.97. The predicted octanol–water partition coefficient (Wildman–Crippen LogP) is 5.74. The van der Waals surface area contributed by atoms with Gasteiger partial charge in [0.2, 0.25) is 11.8 Å². The molecule has 310 valence electrons. The quantitative estimate of drug-likeness (QED) is 0.0765. The third kappa shape index (κ3) is 10.8. The van der Waals surface area contributed by atoms with E-state index in [1.165, 1.54) is 6.07 Å². The molecule has 2 fully saturated rings. The third-order valence-electron chi connectivity index (χ3n) is 11.3. The minimum atomic E-state index is -0.939. The van der Waals surface area contributed by atoms with Gasteiger partial charge in [0.05, 0.1) is 11.8 Å². The molecule has 6 N–H and O–H groups in total. The Hall–Kier alpha value is -5.96. The molecule has 0 bridgehead atoms. The van der Waals surface area contributed by atoms with E-state index in [1.807, 2.05) is 78.9 Å². The first-order valence-corrected chi connectivity index (χ1v) is 20.2. The highest BCUT2D eigenvalue weighted by atomic mass is 16.6. The van der Waals surface area contributed by atoms with Gasteiger partial charge in [0.25, 0.3) is 5.91 Å². The van der Waals surface area contributed by atoms with Gasteiger partial charge >= 0.3 is 6.09 Å². The van der Waals surface area contributed by atoms with Crippen molar-refractivity contribution in [3.05, 3.63) is 102 Å². The van der Waals surface area contributed by atoms with E-state index in [-0.39, 0.29) is 60.6 Å². The molecule has 4 aromatic carbocycles. The lowest BCUT2D eigenvalue weighted by molar-refractivity contribution is -0.130. The van der Waals surface area contributed by atoms with Gasteiger partial charge in [0.15, 0.2) is 12.4 Å². The number of benzene rings is 4. The van der Waals surface area contributed by atoms with Crippen molar-refractivity contribution in [3.8, 4) is 22.6 Å². The summed E-state index contributed by atoms with van der Waals surface area (Å²) in [6.07, 6.45) is 1.39. The van der Waals surface area contributed by atoms with Crippen LogP contribution in [0.5, 0.6) is 11.5 Å². The third-order valence-corrected chi connectivity index (χ3v) is 11.3. The lowest BCUT2D eigenvalue weighted by Crippen LogP contribution is -2.33. The first kappa shape index (κ1) is 41.2. The summed E-state index contributed by atoms with van der Waals surface area (Å²) in [5.74, 6) is 0.552. The second-order valence-corrected chi connectivity index (χ2v) is 15.6. The monoisotopic (exact) mass is 804 g/mol. The van der Waals surface area contributed by atoms with Gasteiger partial charge in [0, 0.05) is 76.0 Å². The first-order valence-electron chi connectivity index (χ1n) is 20.2. The fourth-order valence-corrected chi connectivity index (χ4v) is 8.25. The molecule has 4 amide bonds. The predicted molar refractivity (Wildman–Crippen MR) is 224 cm³/mol. The number of anilines is 3. The molecule has 3 aliphatic rings. The minimum Gasteiger partial charge on any atom is -0.506 e. The molecule has 7 rings (SSSR count). The maximum atomic E-state index is 12.9. The van der Waals surface area contributed by atoms with Crippen LogP contribution in [0.25, 0.3) is 11.1 Å². The van der Waals surface area contributed by atoms with E-state index in [9.17, 15) is 29.4 Å². The van der Waals surface area contributed by atoms with Crippen LogP contribution in [0.15, 0.2) is 91.0 Å². The van der Waals surface area contributed by atoms with E-state index in [0.717, 1.165) is 48.3 Å². The van der Waals surface area contributed by atoms with Gasteiger partial charge in [-0.2, -0.15) is 0 Å². The molecule has 14 heteroatoms. The number of nitrogens with zero attached hydrogens (tertiary/aromatic N) is 2. The number of phenolic OH excluding ortho intramolecular Hbond substituents is 1. The molecule has 2 aliphatic heterocycles. The molecule has 1 aliphatic carbocycles. The van der Waals surface area contributed by atoms with Gasteiger partial charge in [-0.05, 0) is 72.6 Å². The molecule has 2 unspecified atom stereocenters. The molecule has 1 saturated carbocycles. The number of para-hydroxylation sites is 1. The molecule has 2 heterocycles. The first-order chi connectivity index (χ1) is 28.6. The lowest BCUT2D eigenvalue weighted by atomic mass is 10.0. The molecule has 0 radical (unpaired) electrons. The van der Waals surface area contributed by atoms with Crippen LogP contribution < -0.4 is 26.0 Å². The Balaban J connectivity index is 0.748. The summed E-state index contributed by atoms with van der Waals surface area (Å²) >= 11 is 0. The zero-order valence-electron chi connectivity index (χ0n) is 33.2. The van der Waals surface area contributed by atoms with Crippen LogP contribution in [-0.4, -0.2) is 96.3 Å². The maximum Gasteiger partial charge on any atom is 0.411 e. The standard InChI is InChI=1S/C45H52N6O8/c1-50(20-7-12-40(54)47-33-15-13-29(14-16-33)24-46-25-39(53)36-17-18-38(52)43-44(36)58-28-41(55)49-43)42(56)19-21-51-26-31-22-34(23-32(31)27-51)59-45(57)48-37-11-6-5-10-35(37)30-8-3-2-4-9-30/h2-6,8-11,13-18,31-32,34,39,46,52-53H,7,12,19-28H2,1H3,(H,47,54)(H,48,57)(H,49,55)/t31-,32?,34?,39-/m0/s1. The lowest BCUT2D eigenvalue weighted by Gasteiger charge is -2.24. The Labute approximate surface area is 343 Å². The summed E-state index contributed by atoms with van der Waals surface area (Å²) in [6, 6.07) is 28.0. The van der Waals surface area contributed by atoms with Gasteiger partial charge in [0.1, 0.15) is 17.5 Å². The molecule has 1 saturated heterocycles.